The molecule has 20 heavy (non-hydrogen) atoms. The van der Waals surface area contributed by atoms with Gasteiger partial charge in [0.25, 0.3) is 0 Å². The molecule has 112 valence electrons. The van der Waals surface area contributed by atoms with Gasteiger partial charge in [-0.2, -0.15) is 0 Å². The highest BCUT2D eigenvalue weighted by Gasteiger charge is 2.17. The van der Waals surface area contributed by atoms with E-state index in [-0.39, 0.29) is 5.75 Å². The number of nitrogens with two attached hydrogens (primary N) is 1. The maximum absolute atomic E-state index is 12.1. The fourth-order valence-corrected chi connectivity index (χ4v) is 3.60. The first-order valence-electron chi connectivity index (χ1n) is 6.92. The van der Waals surface area contributed by atoms with E-state index in [9.17, 15) is 8.42 Å². The third-order valence-corrected chi connectivity index (χ3v) is 4.92. The molecule has 3 N–H and O–H groups in total. The predicted octanol–water partition coefficient (Wildman–Crippen LogP) is 0.991. The minimum absolute atomic E-state index is 0.0124. The first-order chi connectivity index (χ1) is 9.61. The summed E-state index contributed by atoms with van der Waals surface area (Å²) in [6.45, 7) is 2.37. The average molecular weight is 298 g/mol. The quantitative estimate of drug-likeness (QED) is 0.786. The second-order valence-corrected chi connectivity index (χ2v) is 6.95. The zero-order valence-corrected chi connectivity index (χ0v) is 12.4. The molecule has 1 heterocycles. The van der Waals surface area contributed by atoms with Gasteiger partial charge in [0.05, 0.1) is 5.75 Å². The Hall–Kier alpha value is -0.950. The molecule has 0 spiro atoms. The Labute approximate surface area is 120 Å². The van der Waals surface area contributed by atoms with Crippen LogP contribution in [0.15, 0.2) is 24.3 Å². The summed E-state index contributed by atoms with van der Waals surface area (Å²) in [5.41, 5.74) is 7.27. The van der Waals surface area contributed by atoms with Crippen LogP contribution >= 0.6 is 0 Å². The van der Waals surface area contributed by atoms with Crippen molar-refractivity contribution in [3.8, 4) is 0 Å². The Bertz CT molecular complexity index is 525. The van der Waals surface area contributed by atoms with E-state index in [0.717, 1.165) is 37.2 Å². The van der Waals surface area contributed by atoms with Crippen LogP contribution in [0.5, 0.6) is 0 Å². The second kappa shape index (κ2) is 7.17. The average Bonchev–Trinajstić information content (AvgIpc) is 2.92. The van der Waals surface area contributed by atoms with Crippen LogP contribution in [0.4, 0.5) is 0 Å². The lowest BCUT2D eigenvalue weighted by Gasteiger charge is -2.11. The minimum atomic E-state index is -3.31. The molecule has 5 nitrogen and oxygen atoms in total. The van der Waals surface area contributed by atoms with Gasteiger partial charge in [0.1, 0.15) is 0 Å². The van der Waals surface area contributed by atoms with Crippen molar-refractivity contribution in [1.82, 2.24) is 4.72 Å². The predicted molar refractivity (Wildman–Crippen MR) is 78.5 cm³/mol. The van der Waals surface area contributed by atoms with Crippen LogP contribution in [0.25, 0.3) is 0 Å². The summed E-state index contributed by atoms with van der Waals surface area (Å²) >= 11 is 0. The molecule has 0 aliphatic carbocycles. The van der Waals surface area contributed by atoms with Crippen LogP contribution in [0.2, 0.25) is 0 Å². The van der Waals surface area contributed by atoms with Crippen LogP contribution < -0.4 is 10.5 Å². The Morgan fingerprint density at radius 1 is 1.30 bits per heavy atom. The molecule has 1 fully saturated rings. The number of ether oxygens (including phenoxy) is 1. The van der Waals surface area contributed by atoms with Crippen LogP contribution in [-0.4, -0.2) is 28.2 Å². The van der Waals surface area contributed by atoms with Gasteiger partial charge in [-0.15, -0.1) is 0 Å². The van der Waals surface area contributed by atoms with Gasteiger partial charge in [0.2, 0.25) is 10.0 Å². The minimum Gasteiger partial charge on any atom is -0.381 e. The zero-order chi connectivity index (χ0) is 14.4. The van der Waals surface area contributed by atoms with E-state index in [1.807, 2.05) is 24.3 Å². The van der Waals surface area contributed by atoms with Crippen molar-refractivity contribution in [3.63, 3.8) is 0 Å². The Kier molecular flexibility index (Phi) is 5.54. The largest absolute Gasteiger partial charge is 0.381 e. The van der Waals surface area contributed by atoms with Crippen LogP contribution in [0, 0.1) is 5.92 Å². The molecule has 1 aromatic rings. The molecule has 1 atom stereocenters. The van der Waals surface area contributed by atoms with Crippen molar-refractivity contribution in [1.29, 1.82) is 0 Å². The number of hydrogen-bond donors (Lipinski definition) is 2. The summed E-state index contributed by atoms with van der Waals surface area (Å²) in [6.07, 6.45) is 1.86. The summed E-state index contributed by atoms with van der Waals surface area (Å²) in [4.78, 5) is 0. The molecule has 0 radical (unpaired) electrons. The van der Waals surface area contributed by atoms with Gasteiger partial charge in [0.15, 0.2) is 0 Å². The molecule has 1 saturated heterocycles. The van der Waals surface area contributed by atoms with E-state index in [1.54, 1.807) is 0 Å². The zero-order valence-electron chi connectivity index (χ0n) is 11.5. The van der Waals surface area contributed by atoms with Gasteiger partial charge in [-0.1, -0.05) is 24.3 Å². The van der Waals surface area contributed by atoms with Crippen LogP contribution in [0.3, 0.4) is 0 Å². The molecule has 1 aliphatic rings. The monoisotopic (exact) mass is 298 g/mol. The SMILES string of the molecule is NCc1ccccc1CS(=O)(=O)NCCC1CCOC1. The van der Waals surface area contributed by atoms with Gasteiger partial charge in [-0.05, 0) is 29.9 Å². The lowest BCUT2D eigenvalue weighted by molar-refractivity contribution is 0.184. The first-order valence-corrected chi connectivity index (χ1v) is 8.58. The maximum Gasteiger partial charge on any atom is 0.215 e. The molecule has 0 bridgehead atoms. The summed E-state index contributed by atoms with van der Waals surface area (Å²) in [6, 6.07) is 7.37. The molecule has 1 aromatic carbocycles. The molecule has 1 unspecified atom stereocenters. The number of sulfonamides is 1. The van der Waals surface area contributed by atoms with Gasteiger partial charge < -0.3 is 10.5 Å². The first kappa shape index (κ1) is 15.4. The smallest absolute Gasteiger partial charge is 0.215 e. The van der Waals surface area contributed by atoms with E-state index < -0.39 is 10.0 Å². The Morgan fingerprint density at radius 3 is 2.70 bits per heavy atom. The van der Waals surface area contributed by atoms with E-state index >= 15 is 0 Å². The van der Waals surface area contributed by atoms with Gasteiger partial charge in [0, 0.05) is 26.3 Å². The molecular weight excluding hydrogens is 276 g/mol. The molecular formula is C14H22N2O3S. The van der Waals surface area contributed by atoms with Gasteiger partial charge in [-0.25, -0.2) is 13.1 Å². The van der Waals surface area contributed by atoms with Crippen LogP contribution in [-0.2, 0) is 27.1 Å². The van der Waals surface area contributed by atoms with E-state index in [0.29, 0.717) is 19.0 Å². The van der Waals surface area contributed by atoms with Gasteiger partial charge >= 0.3 is 0 Å². The molecule has 2 rings (SSSR count). The number of rotatable bonds is 7. The fourth-order valence-electron chi connectivity index (χ4n) is 2.38. The molecule has 0 amide bonds. The Balaban J connectivity index is 1.86. The standard InChI is InChI=1S/C14H22N2O3S/c15-9-13-3-1-2-4-14(13)11-20(17,18)16-7-5-12-6-8-19-10-12/h1-4,12,16H,5-11,15H2. The number of benzene rings is 1. The summed E-state index contributed by atoms with van der Waals surface area (Å²) < 4.78 is 32.1. The highest BCUT2D eigenvalue weighted by atomic mass is 32.2. The summed E-state index contributed by atoms with van der Waals surface area (Å²) in [5, 5.41) is 0. The number of nitrogens with one attached hydrogen (secondary N) is 1. The molecule has 0 saturated carbocycles. The van der Waals surface area contributed by atoms with Crippen molar-refractivity contribution in [3.05, 3.63) is 35.4 Å². The van der Waals surface area contributed by atoms with Gasteiger partial charge in [-0.3, -0.25) is 0 Å². The van der Waals surface area contributed by atoms with Crippen molar-refractivity contribution in [2.24, 2.45) is 11.7 Å². The fraction of sp³-hybridized carbons (Fsp3) is 0.571. The Morgan fingerprint density at radius 2 is 2.05 bits per heavy atom. The molecule has 0 aromatic heterocycles. The molecule has 6 heteroatoms. The third-order valence-electron chi connectivity index (χ3n) is 3.58. The van der Waals surface area contributed by atoms with Crippen molar-refractivity contribution >= 4 is 10.0 Å². The van der Waals surface area contributed by atoms with E-state index in [1.165, 1.54) is 0 Å². The molecule has 1 aliphatic heterocycles. The van der Waals surface area contributed by atoms with Crippen LogP contribution in [0.1, 0.15) is 24.0 Å². The lowest BCUT2D eigenvalue weighted by atomic mass is 10.1. The van der Waals surface area contributed by atoms with Crippen molar-refractivity contribution in [2.75, 3.05) is 19.8 Å². The highest BCUT2D eigenvalue weighted by Crippen LogP contribution is 2.16. The lowest BCUT2D eigenvalue weighted by Crippen LogP contribution is -2.28. The maximum atomic E-state index is 12.1. The van der Waals surface area contributed by atoms with E-state index in [4.69, 9.17) is 10.5 Å². The summed E-state index contributed by atoms with van der Waals surface area (Å²) in [7, 11) is -3.31. The second-order valence-electron chi connectivity index (χ2n) is 5.14. The highest BCUT2D eigenvalue weighted by molar-refractivity contribution is 7.88. The topological polar surface area (TPSA) is 81.4 Å². The van der Waals surface area contributed by atoms with Crippen molar-refractivity contribution in [2.45, 2.75) is 25.1 Å². The van der Waals surface area contributed by atoms with E-state index in [2.05, 4.69) is 4.72 Å². The summed E-state index contributed by atoms with van der Waals surface area (Å²) in [5.74, 6) is 0.468. The normalized spacial score (nSPS) is 19.4. The third kappa shape index (κ3) is 4.56. The number of hydrogen-bond acceptors (Lipinski definition) is 4. The van der Waals surface area contributed by atoms with Crippen molar-refractivity contribution < 1.29 is 13.2 Å².